The molecule has 0 saturated carbocycles. The van der Waals surface area contributed by atoms with Gasteiger partial charge in [0.1, 0.15) is 0 Å². The number of hydrogen-bond donors (Lipinski definition) is 0. The van der Waals surface area contributed by atoms with E-state index in [2.05, 4.69) is 6.92 Å². The molecule has 0 heterocycles. The van der Waals surface area contributed by atoms with Crippen LogP contribution in [0.5, 0.6) is 0 Å². The van der Waals surface area contributed by atoms with Gasteiger partial charge in [0.2, 0.25) is 0 Å². The number of esters is 1. The quantitative estimate of drug-likeness (QED) is 0.389. The first-order valence-corrected chi connectivity index (χ1v) is 5.65. The Morgan fingerprint density at radius 1 is 1.50 bits per heavy atom. The van der Waals surface area contributed by atoms with Crippen LogP contribution in [0.15, 0.2) is 11.6 Å². The minimum absolute atomic E-state index is 0.0317. The molecule has 0 fully saturated rings. The van der Waals surface area contributed by atoms with Gasteiger partial charge in [-0.1, -0.05) is 26.3 Å². The van der Waals surface area contributed by atoms with E-state index < -0.39 is 0 Å². The first-order chi connectivity index (χ1) is 6.65. The molecule has 1 atom stereocenters. The second-order valence-electron chi connectivity index (χ2n) is 3.28. The molecule has 2 nitrogen and oxygen atoms in total. The second-order valence-corrected chi connectivity index (χ2v) is 3.54. The molecule has 0 saturated heterocycles. The number of unbranched alkanes of at least 4 members (excludes halogenated alkanes) is 1. The predicted octanol–water partition coefficient (Wildman–Crippen LogP) is 3.29. The first-order valence-electron chi connectivity index (χ1n) is 5.11. The standard InChI is InChI=1S/C11H19ClO2/c1-4-6-7-10(8-12)11(13)14-9(3)5-2/h7,9H,4-6,8H2,1-3H3. The molecule has 3 heteroatoms. The van der Waals surface area contributed by atoms with Gasteiger partial charge < -0.3 is 4.74 Å². The van der Waals surface area contributed by atoms with Crippen molar-refractivity contribution in [1.29, 1.82) is 0 Å². The molecule has 0 spiro atoms. The van der Waals surface area contributed by atoms with Crippen molar-refractivity contribution >= 4 is 17.6 Å². The summed E-state index contributed by atoms with van der Waals surface area (Å²) in [5.41, 5.74) is 0.578. The Labute approximate surface area is 91.3 Å². The number of halogens is 1. The van der Waals surface area contributed by atoms with Gasteiger partial charge in [0, 0.05) is 5.57 Å². The van der Waals surface area contributed by atoms with Crippen molar-refractivity contribution in [3.8, 4) is 0 Å². The zero-order chi connectivity index (χ0) is 11.0. The molecule has 14 heavy (non-hydrogen) atoms. The minimum atomic E-state index is -0.275. The number of allylic oxidation sites excluding steroid dienone is 1. The van der Waals surface area contributed by atoms with Crippen molar-refractivity contribution in [2.24, 2.45) is 0 Å². The third-order valence-electron chi connectivity index (χ3n) is 1.97. The molecule has 82 valence electrons. The summed E-state index contributed by atoms with van der Waals surface area (Å²) in [5, 5.41) is 0. The fourth-order valence-corrected chi connectivity index (χ4v) is 1.07. The van der Waals surface area contributed by atoms with E-state index in [4.69, 9.17) is 16.3 Å². The summed E-state index contributed by atoms with van der Waals surface area (Å²) < 4.78 is 5.16. The molecule has 0 aliphatic rings. The largest absolute Gasteiger partial charge is 0.459 e. The van der Waals surface area contributed by atoms with Crippen LogP contribution in [0, 0.1) is 0 Å². The summed E-state index contributed by atoms with van der Waals surface area (Å²) >= 11 is 5.66. The Kier molecular flexibility index (Phi) is 7.58. The molecule has 1 unspecified atom stereocenters. The van der Waals surface area contributed by atoms with Crippen LogP contribution in [0.4, 0.5) is 0 Å². The molecular weight excluding hydrogens is 200 g/mol. The van der Waals surface area contributed by atoms with Crippen LogP contribution < -0.4 is 0 Å². The molecule has 0 amide bonds. The maximum Gasteiger partial charge on any atom is 0.335 e. The molecule has 0 aliphatic carbocycles. The summed E-state index contributed by atoms with van der Waals surface area (Å²) in [6, 6.07) is 0. The van der Waals surface area contributed by atoms with E-state index >= 15 is 0 Å². The van der Waals surface area contributed by atoms with E-state index in [1.54, 1.807) is 0 Å². The number of carbonyl (C=O) groups is 1. The molecule has 0 aromatic rings. The van der Waals surface area contributed by atoms with E-state index in [9.17, 15) is 4.79 Å². The van der Waals surface area contributed by atoms with Gasteiger partial charge in [-0.25, -0.2) is 4.79 Å². The Bertz CT molecular complexity index is 199. The predicted molar refractivity (Wildman–Crippen MR) is 59.6 cm³/mol. The highest BCUT2D eigenvalue weighted by Gasteiger charge is 2.12. The zero-order valence-corrected chi connectivity index (χ0v) is 9.93. The third kappa shape index (κ3) is 5.28. The van der Waals surface area contributed by atoms with E-state index in [1.807, 2.05) is 19.9 Å². The number of ether oxygens (including phenoxy) is 1. The van der Waals surface area contributed by atoms with Gasteiger partial charge >= 0.3 is 5.97 Å². The maximum atomic E-state index is 11.5. The van der Waals surface area contributed by atoms with Crippen LogP contribution in [0.1, 0.15) is 40.0 Å². The lowest BCUT2D eigenvalue weighted by Gasteiger charge is -2.11. The van der Waals surface area contributed by atoms with Crippen molar-refractivity contribution in [2.75, 3.05) is 5.88 Å². The van der Waals surface area contributed by atoms with Gasteiger partial charge in [-0.15, -0.1) is 11.6 Å². The normalized spacial score (nSPS) is 13.9. The Morgan fingerprint density at radius 3 is 2.57 bits per heavy atom. The van der Waals surface area contributed by atoms with Crippen LogP contribution in [0.2, 0.25) is 0 Å². The highest BCUT2D eigenvalue weighted by atomic mass is 35.5. The lowest BCUT2D eigenvalue weighted by atomic mass is 10.2. The average Bonchev–Trinajstić information content (AvgIpc) is 2.18. The van der Waals surface area contributed by atoms with Crippen LogP contribution in [0.3, 0.4) is 0 Å². The van der Waals surface area contributed by atoms with Crippen molar-refractivity contribution < 1.29 is 9.53 Å². The van der Waals surface area contributed by atoms with Gasteiger partial charge in [0.25, 0.3) is 0 Å². The Balaban J connectivity index is 4.17. The lowest BCUT2D eigenvalue weighted by molar-refractivity contribution is -0.143. The van der Waals surface area contributed by atoms with Crippen molar-refractivity contribution in [2.45, 2.75) is 46.1 Å². The van der Waals surface area contributed by atoms with Crippen molar-refractivity contribution in [1.82, 2.24) is 0 Å². The minimum Gasteiger partial charge on any atom is -0.459 e. The van der Waals surface area contributed by atoms with Crippen LogP contribution in [0.25, 0.3) is 0 Å². The second kappa shape index (κ2) is 7.86. The molecule has 0 radical (unpaired) electrons. The highest BCUT2D eigenvalue weighted by molar-refractivity contribution is 6.22. The lowest BCUT2D eigenvalue weighted by Crippen LogP contribution is -2.16. The molecule has 0 aromatic carbocycles. The van der Waals surface area contributed by atoms with E-state index in [0.29, 0.717) is 5.57 Å². The molecule has 0 N–H and O–H groups in total. The molecule has 0 aromatic heterocycles. The van der Waals surface area contributed by atoms with Gasteiger partial charge in [0.15, 0.2) is 0 Å². The monoisotopic (exact) mass is 218 g/mol. The van der Waals surface area contributed by atoms with Gasteiger partial charge in [-0.05, 0) is 19.8 Å². The van der Waals surface area contributed by atoms with Gasteiger partial charge in [-0.3, -0.25) is 0 Å². The van der Waals surface area contributed by atoms with E-state index in [-0.39, 0.29) is 18.0 Å². The van der Waals surface area contributed by atoms with E-state index in [0.717, 1.165) is 19.3 Å². The van der Waals surface area contributed by atoms with Gasteiger partial charge in [0.05, 0.1) is 12.0 Å². The Morgan fingerprint density at radius 2 is 2.14 bits per heavy atom. The number of hydrogen-bond acceptors (Lipinski definition) is 2. The maximum absolute atomic E-state index is 11.5. The molecule has 0 bridgehead atoms. The fraction of sp³-hybridized carbons (Fsp3) is 0.727. The summed E-state index contributed by atoms with van der Waals surface area (Å²) in [6.07, 6.45) is 4.54. The van der Waals surface area contributed by atoms with Gasteiger partial charge in [-0.2, -0.15) is 0 Å². The molecule has 0 rings (SSSR count). The fourth-order valence-electron chi connectivity index (χ4n) is 0.853. The average molecular weight is 219 g/mol. The summed E-state index contributed by atoms with van der Waals surface area (Å²) in [4.78, 5) is 11.5. The number of rotatable bonds is 6. The SMILES string of the molecule is CCCC=C(CCl)C(=O)OC(C)CC. The summed E-state index contributed by atoms with van der Waals surface area (Å²) in [5.74, 6) is -0.0438. The first kappa shape index (κ1) is 13.5. The topological polar surface area (TPSA) is 26.3 Å². The summed E-state index contributed by atoms with van der Waals surface area (Å²) in [6.45, 7) is 5.92. The van der Waals surface area contributed by atoms with Crippen LogP contribution in [-0.4, -0.2) is 18.0 Å². The van der Waals surface area contributed by atoms with Crippen LogP contribution >= 0.6 is 11.6 Å². The van der Waals surface area contributed by atoms with E-state index in [1.165, 1.54) is 0 Å². The molecule has 0 aliphatic heterocycles. The van der Waals surface area contributed by atoms with Crippen LogP contribution in [-0.2, 0) is 9.53 Å². The molecular formula is C11H19ClO2. The summed E-state index contributed by atoms with van der Waals surface area (Å²) in [7, 11) is 0. The van der Waals surface area contributed by atoms with Crippen molar-refractivity contribution in [3.05, 3.63) is 11.6 Å². The highest BCUT2D eigenvalue weighted by Crippen LogP contribution is 2.07. The number of carbonyl (C=O) groups excluding carboxylic acids is 1. The third-order valence-corrected chi connectivity index (χ3v) is 2.26. The zero-order valence-electron chi connectivity index (χ0n) is 9.18. The Hall–Kier alpha value is -0.500. The van der Waals surface area contributed by atoms with Crippen molar-refractivity contribution in [3.63, 3.8) is 0 Å². The smallest absolute Gasteiger partial charge is 0.335 e. The number of alkyl halides is 1.